The number of ether oxygens (including phenoxy) is 1. The Kier molecular flexibility index (Phi) is 4.42. The first-order chi connectivity index (χ1) is 9.15. The van der Waals surface area contributed by atoms with E-state index in [0.29, 0.717) is 16.5 Å². The van der Waals surface area contributed by atoms with Crippen LogP contribution in [0.15, 0.2) is 54.6 Å². The van der Waals surface area contributed by atoms with E-state index < -0.39 is 6.10 Å². The van der Waals surface area contributed by atoms with Gasteiger partial charge in [-0.15, -0.1) is 0 Å². The average molecular weight is 276 g/mol. The molecule has 0 aliphatic carbocycles. The van der Waals surface area contributed by atoms with E-state index in [0.717, 1.165) is 0 Å². The summed E-state index contributed by atoms with van der Waals surface area (Å²) >= 11 is 5.78. The fourth-order valence-electron chi connectivity index (χ4n) is 1.53. The third kappa shape index (κ3) is 4.00. The highest BCUT2D eigenvalue weighted by atomic mass is 35.5. The molecule has 2 rings (SSSR count). The molecule has 1 amide bonds. The Morgan fingerprint density at radius 1 is 1.11 bits per heavy atom. The highest BCUT2D eigenvalue weighted by Crippen LogP contribution is 2.15. The predicted molar refractivity (Wildman–Crippen MR) is 76.6 cm³/mol. The maximum absolute atomic E-state index is 11.9. The number of hydrogen-bond acceptors (Lipinski definition) is 2. The van der Waals surface area contributed by atoms with Crippen LogP contribution < -0.4 is 10.1 Å². The number of benzene rings is 2. The Labute approximate surface area is 117 Å². The second-order valence-electron chi connectivity index (χ2n) is 4.07. The van der Waals surface area contributed by atoms with Crippen molar-refractivity contribution in [3.05, 3.63) is 59.6 Å². The van der Waals surface area contributed by atoms with Gasteiger partial charge in [0.2, 0.25) is 0 Å². The number of para-hydroxylation sites is 1. The summed E-state index contributed by atoms with van der Waals surface area (Å²) in [6, 6.07) is 16.2. The van der Waals surface area contributed by atoms with Crippen molar-refractivity contribution in [1.82, 2.24) is 0 Å². The van der Waals surface area contributed by atoms with Crippen molar-refractivity contribution in [2.24, 2.45) is 0 Å². The summed E-state index contributed by atoms with van der Waals surface area (Å²) in [6.07, 6.45) is -0.571. The molecular formula is C15H14ClNO2. The molecule has 0 aliphatic rings. The van der Waals surface area contributed by atoms with E-state index in [4.69, 9.17) is 16.3 Å². The molecule has 3 nitrogen and oxygen atoms in total. The van der Waals surface area contributed by atoms with Gasteiger partial charge in [-0.05, 0) is 43.3 Å². The van der Waals surface area contributed by atoms with Crippen LogP contribution in [0.2, 0.25) is 5.02 Å². The van der Waals surface area contributed by atoms with Crippen molar-refractivity contribution in [2.75, 3.05) is 5.32 Å². The van der Waals surface area contributed by atoms with Crippen LogP contribution in [-0.2, 0) is 4.79 Å². The Balaban J connectivity index is 1.94. The minimum atomic E-state index is -0.571. The molecule has 4 heteroatoms. The molecule has 0 radical (unpaired) electrons. The number of nitrogens with one attached hydrogen (secondary N) is 1. The SMILES string of the molecule is C[C@@H](Oc1ccccc1)C(=O)Nc1ccc(Cl)cc1. The molecule has 2 aromatic carbocycles. The Morgan fingerprint density at radius 3 is 2.37 bits per heavy atom. The van der Waals surface area contributed by atoms with Gasteiger partial charge in [0, 0.05) is 10.7 Å². The lowest BCUT2D eigenvalue weighted by atomic mass is 10.3. The Bertz CT molecular complexity index is 540. The number of carbonyl (C=O) groups excluding carboxylic acids is 1. The van der Waals surface area contributed by atoms with Crippen LogP contribution in [0.3, 0.4) is 0 Å². The molecule has 0 unspecified atom stereocenters. The molecule has 0 saturated heterocycles. The van der Waals surface area contributed by atoms with E-state index in [9.17, 15) is 4.79 Å². The van der Waals surface area contributed by atoms with Crippen LogP contribution in [0.5, 0.6) is 5.75 Å². The minimum absolute atomic E-state index is 0.203. The molecule has 0 bridgehead atoms. The fourth-order valence-corrected chi connectivity index (χ4v) is 1.66. The maximum Gasteiger partial charge on any atom is 0.265 e. The van der Waals surface area contributed by atoms with Crippen molar-refractivity contribution in [3.8, 4) is 5.75 Å². The summed E-state index contributed by atoms with van der Waals surface area (Å²) < 4.78 is 5.53. The molecular weight excluding hydrogens is 262 g/mol. The third-order valence-corrected chi connectivity index (χ3v) is 2.79. The van der Waals surface area contributed by atoms with Gasteiger partial charge in [-0.1, -0.05) is 29.8 Å². The highest BCUT2D eigenvalue weighted by molar-refractivity contribution is 6.30. The van der Waals surface area contributed by atoms with Gasteiger partial charge in [-0.2, -0.15) is 0 Å². The van der Waals surface area contributed by atoms with Gasteiger partial charge in [-0.3, -0.25) is 4.79 Å². The van der Waals surface area contributed by atoms with Crippen LogP contribution in [0.4, 0.5) is 5.69 Å². The number of anilines is 1. The molecule has 1 N–H and O–H groups in total. The van der Waals surface area contributed by atoms with Gasteiger partial charge >= 0.3 is 0 Å². The van der Waals surface area contributed by atoms with E-state index in [1.807, 2.05) is 30.3 Å². The standard InChI is InChI=1S/C15H14ClNO2/c1-11(19-14-5-3-2-4-6-14)15(18)17-13-9-7-12(16)8-10-13/h2-11H,1H3,(H,17,18)/t11-/m1/s1. The zero-order valence-electron chi connectivity index (χ0n) is 10.5. The summed E-state index contributed by atoms with van der Waals surface area (Å²) in [5.74, 6) is 0.465. The lowest BCUT2D eigenvalue weighted by molar-refractivity contribution is -0.122. The normalized spacial score (nSPS) is 11.7. The second kappa shape index (κ2) is 6.25. The van der Waals surface area contributed by atoms with Crippen LogP contribution in [-0.4, -0.2) is 12.0 Å². The van der Waals surface area contributed by atoms with Crippen LogP contribution in [0.25, 0.3) is 0 Å². The van der Waals surface area contributed by atoms with Gasteiger partial charge in [0.15, 0.2) is 6.10 Å². The molecule has 98 valence electrons. The molecule has 19 heavy (non-hydrogen) atoms. The molecule has 0 aromatic heterocycles. The first-order valence-corrected chi connectivity index (χ1v) is 6.31. The van der Waals surface area contributed by atoms with E-state index in [1.165, 1.54) is 0 Å². The van der Waals surface area contributed by atoms with E-state index in [-0.39, 0.29) is 5.91 Å². The second-order valence-corrected chi connectivity index (χ2v) is 4.51. The van der Waals surface area contributed by atoms with Gasteiger partial charge in [0.05, 0.1) is 0 Å². The van der Waals surface area contributed by atoms with E-state index >= 15 is 0 Å². The van der Waals surface area contributed by atoms with E-state index in [2.05, 4.69) is 5.32 Å². The molecule has 1 atom stereocenters. The monoisotopic (exact) mass is 275 g/mol. The summed E-state index contributed by atoms with van der Waals surface area (Å²) in [6.45, 7) is 1.71. The van der Waals surface area contributed by atoms with E-state index in [1.54, 1.807) is 31.2 Å². The minimum Gasteiger partial charge on any atom is -0.481 e. The highest BCUT2D eigenvalue weighted by Gasteiger charge is 2.14. The lowest BCUT2D eigenvalue weighted by Crippen LogP contribution is -2.30. The Hall–Kier alpha value is -2.00. The number of halogens is 1. The van der Waals surface area contributed by atoms with Crippen LogP contribution in [0, 0.1) is 0 Å². The van der Waals surface area contributed by atoms with Gasteiger partial charge in [0.1, 0.15) is 5.75 Å². The molecule has 0 heterocycles. The molecule has 0 saturated carbocycles. The number of carbonyl (C=O) groups is 1. The Morgan fingerprint density at radius 2 is 1.74 bits per heavy atom. The topological polar surface area (TPSA) is 38.3 Å². The summed E-state index contributed by atoms with van der Waals surface area (Å²) in [7, 11) is 0. The van der Waals surface area contributed by atoms with Crippen molar-refractivity contribution < 1.29 is 9.53 Å². The van der Waals surface area contributed by atoms with Gasteiger partial charge < -0.3 is 10.1 Å². The number of amides is 1. The predicted octanol–water partition coefficient (Wildman–Crippen LogP) is 3.75. The third-order valence-electron chi connectivity index (χ3n) is 2.54. The molecule has 0 spiro atoms. The van der Waals surface area contributed by atoms with Crippen LogP contribution in [0.1, 0.15) is 6.92 Å². The van der Waals surface area contributed by atoms with Crippen molar-refractivity contribution in [1.29, 1.82) is 0 Å². The number of rotatable bonds is 4. The maximum atomic E-state index is 11.9. The van der Waals surface area contributed by atoms with Crippen molar-refractivity contribution >= 4 is 23.2 Å². The smallest absolute Gasteiger partial charge is 0.265 e. The lowest BCUT2D eigenvalue weighted by Gasteiger charge is -2.14. The van der Waals surface area contributed by atoms with Crippen molar-refractivity contribution in [3.63, 3.8) is 0 Å². The first kappa shape index (κ1) is 13.4. The molecule has 0 aliphatic heterocycles. The largest absolute Gasteiger partial charge is 0.481 e. The molecule has 2 aromatic rings. The van der Waals surface area contributed by atoms with Crippen molar-refractivity contribution in [2.45, 2.75) is 13.0 Å². The number of hydrogen-bond donors (Lipinski definition) is 1. The van der Waals surface area contributed by atoms with Crippen LogP contribution >= 0.6 is 11.6 Å². The van der Waals surface area contributed by atoms with Gasteiger partial charge in [0.25, 0.3) is 5.91 Å². The quantitative estimate of drug-likeness (QED) is 0.923. The summed E-state index contributed by atoms with van der Waals surface area (Å²) in [5.41, 5.74) is 0.693. The zero-order valence-corrected chi connectivity index (χ0v) is 11.2. The summed E-state index contributed by atoms with van der Waals surface area (Å²) in [5, 5.41) is 3.40. The summed E-state index contributed by atoms with van der Waals surface area (Å²) in [4.78, 5) is 11.9. The fraction of sp³-hybridized carbons (Fsp3) is 0.133. The molecule has 0 fully saturated rings. The van der Waals surface area contributed by atoms with Gasteiger partial charge in [-0.25, -0.2) is 0 Å². The average Bonchev–Trinajstić information content (AvgIpc) is 2.42. The first-order valence-electron chi connectivity index (χ1n) is 5.93. The zero-order chi connectivity index (χ0) is 13.7.